The highest BCUT2D eigenvalue weighted by Gasteiger charge is 2.29. The molecule has 1 amide bonds. The number of nitrogens with zero attached hydrogens (tertiary/aromatic N) is 3. The summed E-state index contributed by atoms with van der Waals surface area (Å²) in [6, 6.07) is 5.72. The lowest BCUT2D eigenvalue weighted by Crippen LogP contribution is -2.31. The smallest absolute Gasteiger partial charge is 0.239 e. The van der Waals surface area contributed by atoms with E-state index in [4.69, 9.17) is 0 Å². The maximum absolute atomic E-state index is 11.9. The van der Waals surface area contributed by atoms with Crippen LogP contribution in [0.4, 0.5) is 0 Å². The Morgan fingerprint density at radius 3 is 2.83 bits per heavy atom. The van der Waals surface area contributed by atoms with Crippen LogP contribution in [-0.4, -0.2) is 32.3 Å². The molecule has 0 bridgehead atoms. The molecule has 18 heavy (non-hydrogen) atoms. The van der Waals surface area contributed by atoms with E-state index in [2.05, 4.69) is 9.98 Å². The molecule has 2 heterocycles. The third-order valence-electron chi connectivity index (χ3n) is 2.33. The molecule has 1 fully saturated rings. The standard InChI is InChI=1S/C13H17N3OS/c1-13(2,3)15-12-16(11(17)9-18-12)8-10-6-4-5-7-14-10/h4-7H,8-9H2,1-3H3. The minimum Gasteiger partial charge on any atom is -0.285 e. The summed E-state index contributed by atoms with van der Waals surface area (Å²) in [5, 5.41) is 0.804. The van der Waals surface area contributed by atoms with Gasteiger partial charge in [-0.25, -0.2) is 0 Å². The predicted octanol–water partition coefficient (Wildman–Crippen LogP) is 2.31. The third-order valence-corrected chi connectivity index (χ3v) is 3.30. The summed E-state index contributed by atoms with van der Waals surface area (Å²) in [7, 11) is 0. The Morgan fingerprint density at radius 2 is 2.22 bits per heavy atom. The highest BCUT2D eigenvalue weighted by Crippen LogP contribution is 2.24. The Morgan fingerprint density at radius 1 is 1.44 bits per heavy atom. The lowest BCUT2D eigenvalue weighted by Gasteiger charge is -2.19. The van der Waals surface area contributed by atoms with Crippen molar-refractivity contribution >= 4 is 22.8 Å². The van der Waals surface area contributed by atoms with Gasteiger partial charge in [0.25, 0.3) is 0 Å². The molecule has 0 aromatic carbocycles. The Hall–Kier alpha value is -1.36. The van der Waals surface area contributed by atoms with Crippen molar-refractivity contribution in [3.8, 4) is 0 Å². The van der Waals surface area contributed by atoms with Crippen LogP contribution in [0.1, 0.15) is 26.5 Å². The van der Waals surface area contributed by atoms with Crippen molar-refractivity contribution in [3.63, 3.8) is 0 Å². The Bertz CT molecular complexity index is 465. The Balaban J connectivity index is 2.19. The van der Waals surface area contributed by atoms with Crippen molar-refractivity contribution in [3.05, 3.63) is 30.1 Å². The second-order valence-corrected chi connectivity index (χ2v) is 6.10. The number of aliphatic imine (C=N–C) groups is 1. The maximum Gasteiger partial charge on any atom is 0.239 e. The zero-order chi connectivity index (χ0) is 13.2. The van der Waals surface area contributed by atoms with Gasteiger partial charge in [-0.2, -0.15) is 0 Å². The fraction of sp³-hybridized carbons (Fsp3) is 0.462. The molecular weight excluding hydrogens is 246 g/mol. The minimum absolute atomic E-state index is 0.105. The first-order valence-electron chi connectivity index (χ1n) is 5.89. The van der Waals surface area contributed by atoms with Gasteiger partial charge in [0.05, 0.1) is 23.5 Å². The van der Waals surface area contributed by atoms with Gasteiger partial charge in [-0.05, 0) is 32.9 Å². The van der Waals surface area contributed by atoms with Crippen LogP contribution in [0, 0.1) is 0 Å². The third kappa shape index (κ3) is 3.32. The van der Waals surface area contributed by atoms with E-state index in [0.717, 1.165) is 10.9 Å². The molecule has 1 aliphatic rings. The second-order valence-electron chi connectivity index (χ2n) is 5.15. The van der Waals surface area contributed by atoms with Crippen molar-refractivity contribution in [1.82, 2.24) is 9.88 Å². The molecule has 96 valence electrons. The van der Waals surface area contributed by atoms with Crippen molar-refractivity contribution in [2.75, 3.05) is 5.75 Å². The molecule has 0 atom stereocenters. The van der Waals surface area contributed by atoms with Gasteiger partial charge in [0, 0.05) is 6.20 Å². The molecule has 1 aromatic heterocycles. The Labute approximate surface area is 112 Å². The zero-order valence-electron chi connectivity index (χ0n) is 10.9. The largest absolute Gasteiger partial charge is 0.285 e. The normalized spacial score (nSPS) is 18.7. The van der Waals surface area contributed by atoms with E-state index in [1.807, 2.05) is 39.0 Å². The van der Waals surface area contributed by atoms with Crippen LogP contribution < -0.4 is 0 Å². The van der Waals surface area contributed by atoms with Gasteiger partial charge < -0.3 is 0 Å². The number of aromatic nitrogens is 1. The quantitative estimate of drug-likeness (QED) is 0.822. The fourth-order valence-electron chi connectivity index (χ4n) is 1.58. The number of amidine groups is 1. The van der Waals surface area contributed by atoms with Crippen LogP contribution in [-0.2, 0) is 11.3 Å². The summed E-state index contributed by atoms with van der Waals surface area (Å²) in [4.78, 5) is 22.4. The van der Waals surface area contributed by atoms with E-state index in [1.165, 1.54) is 11.8 Å². The minimum atomic E-state index is -0.171. The van der Waals surface area contributed by atoms with Crippen LogP contribution in [0.5, 0.6) is 0 Å². The molecular formula is C13H17N3OS. The molecule has 1 aromatic rings. The van der Waals surface area contributed by atoms with E-state index in [1.54, 1.807) is 11.1 Å². The summed E-state index contributed by atoms with van der Waals surface area (Å²) >= 11 is 1.50. The first-order valence-corrected chi connectivity index (χ1v) is 6.87. The van der Waals surface area contributed by atoms with E-state index < -0.39 is 0 Å². The number of carbonyl (C=O) groups is 1. The van der Waals surface area contributed by atoms with Gasteiger partial charge in [0.2, 0.25) is 5.91 Å². The number of hydrogen-bond acceptors (Lipinski definition) is 4. The number of carbonyl (C=O) groups excluding carboxylic acids is 1. The Kier molecular flexibility index (Phi) is 3.71. The molecule has 2 rings (SSSR count). The van der Waals surface area contributed by atoms with Crippen LogP contribution in [0.2, 0.25) is 0 Å². The van der Waals surface area contributed by atoms with Crippen LogP contribution in [0.25, 0.3) is 0 Å². The molecule has 0 aliphatic carbocycles. The van der Waals surface area contributed by atoms with Gasteiger partial charge >= 0.3 is 0 Å². The molecule has 0 radical (unpaired) electrons. The van der Waals surface area contributed by atoms with Gasteiger partial charge in [-0.15, -0.1) is 0 Å². The van der Waals surface area contributed by atoms with E-state index in [9.17, 15) is 4.79 Å². The average Bonchev–Trinajstić information content (AvgIpc) is 2.61. The van der Waals surface area contributed by atoms with Gasteiger partial charge in [0.1, 0.15) is 0 Å². The molecule has 0 unspecified atom stereocenters. The van der Waals surface area contributed by atoms with Crippen molar-refractivity contribution in [2.24, 2.45) is 4.99 Å². The molecule has 5 heteroatoms. The van der Waals surface area contributed by atoms with E-state index in [-0.39, 0.29) is 11.4 Å². The number of pyridine rings is 1. The van der Waals surface area contributed by atoms with Crippen LogP contribution >= 0.6 is 11.8 Å². The van der Waals surface area contributed by atoms with Crippen molar-refractivity contribution in [2.45, 2.75) is 32.9 Å². The zero-order valence-corrected chi connectivity index (χ0v) is 11.7. The topological polar surface area (TPSA) is 45.6 Å². The molecule has 0 saturated carbocycles. The summed E-state index contributed by atoms with van der Waals surface area (Å²) in [6.45, 7) is 6.59. The van der Waals surface area contributed by atoms with E-state index in [0.29, 0.717) is 12.3 Å². The highest BCUT2D eigenvalue weighted by molar-refractivity contribution is 8.15. The maximum atomic E-state index is 11.9. The monoisotopic (exact) mass is 263 g/mol. The van der Waals surface area contributed by atoms with Crippen LogP contribution in [0.3, 0.4) is 0 Å². The number of hydrogen-bond donors (Lipinski definition) is 0. The summed E-state index contributed by atoms with van der Waals surface area (Å²) < 4.78 is 0. The predicted molar refractivity (Wildman–Crippen MR) is 74.4 cm³/mol. The van der Waals surface area contributed by atoms with Crippen molar-refractivity contribution < 1.29 is 4.79 Å². The SMILES string of the molecule is CC(C)(C)N=C1SCC(=O)N1Cc1ccccn1. The van der Waals surface area contributed by atoms with Gasteiger partial charge in [-0.3, -0.25) is 19.7 Å². The lowest BCUT2D eigenvalue weighted by atomic mass is 10.1. The fourth-order valence-corrected chi connectivity index (χ4v) is 2.65. The van der Waals surface area contributed by atoms with E-state index >= 15 is 0 Å². The summed E-state index contributed by atoms with van der Waals surface area (Å²) in [6.07, 6.45) is 1.74. The second kappa shape index (κ2) is 5.10. The summed E-state index contributed by atoms with van der Waals surface area (Å²) in [5.74, 6) is 0.579. The van der Waals surface area contributed by atoms with Crippen LogP contribution in [0.15, 0.2) is 29.4 Å². The first kappa shape index (κ1) is 13.1. The molecule has 4 nitrogen and oxygen atoms in total. The number of rotatable bonds is 2. The number of amides is 1. The lowest BCUT2D eigenvalue weighted by molar-refractivity contribution is -0.124. The van der Waals surface area contributed by atoms with Gasteiger partial charge in [-0.1, -0.05) is 17.8 Å². The number of thioether (sulfide) groups is 1. The summed E-state index contributed by atoms with van der Waals surface area (Å²) in [5.41, 5.74) is 0.713. The van der Waals surface area contributed by atoms with Gasteiger partial charge in [0.15, 0.2) is 5.17 Å². The molecule has 1 aliphatic heterocycles. The highest BCUT2D eigenvalue weighted by atomic mass is 32.2. The molecule has 0 spiro atoms. The average molecular weight is 263 g/mol. The van der Waals surface area contributed by atoms with Crippen molar-refractivity contribution in [1.29, 1.82) is 0 Å². The molecule has 0 N–H and O–H groups in total. The first-order chi connectivity index (χ1) is 8.46. The molecule has 1 saturated heterocycles.